The molecular formula is C15H18ClN5. The molecule has 0 saturated heterocycles. The van der Waals surface area contributed by atoms with E-state index < -0.39 is 0 Å². The van der Waals surface area contributed by atoms with Gasteiger partial charge in [-0.05, 0) is 25.5 Å². The van der Waals surface area contributed by atoms with Crippen LogP contribution in [0, 0.1) is 6.92 Å². The maximum atomic E-state index is 5.95. The normalized spacial score (nSPS) is 13.0. The van der Waals surface area contributed by atoms with Crippen LogP contribution in [-0.2, 0) is 13.5 Å². The van der Waals surface area contributed by atoms with Crippen molar-refractivity contribution in [1.82, 2.24) is 24.3 Å². The number of nitrogens with zero attached hydrogens (tertiary/aromatic N) is 5. The maximum absolute atomic E-state index is 5.95. The Kier molecular flexibility index (Phi) is 3.68. The van der Waals surface area contributed by atoms with E-state index >= 15 is 0 Å². The molecule has 3 rings (SSSR count). The van der Waals surface area contributed by atoms with Gasteiger partial charge in [0, 0.05) is 19.3 Å². The molecule has 0 spiro atoms. The molecule has 0 aliphatic carbocycles. The van der Waals surface area contributed by atoms with E-state index in [-0.39, 0.29) is 6.04 Å². The van der Waals surface area contributed by atoms with Crippen LogP contribution < -0.4 is 0 Å². The molecule has 1 atom stereocenters. The zero-order chi connectivity index (χ0) is 15.0. The molecule has 110 valence electrons. The van der Waals surface area contributed by atoms with Crippen LogP contribution in [-0.4, -0.2) is 30.2 Å². The number of rotatable bonds is 4. The number of aryl methyl sites for hydroxylation is 3. The number of imidazole rings is 1. The zero-order valence-corrected chi connectivity index (χ0v) is 13.2. The number of hydrogen-bond acceptors (Lipinski definition) is 3. The van der Waals surface area contributed by atoms with Gasteiger partial charge in [-0.15, -0.1) is 21.8 Å². The second-order valence-corrected chi connectivity index (χ2v) is 5.63. The predicted octanol–water partition coefficient (Wildman–Crippen LogP) is 2.86. The summed E-state index contributed by atoms with van der Waals surface area (Å²) in [5.41, 5.74) is 3.35. The first-order valence-electron chi connectivity index (χ1n) is 6.99. The lowest BCUT2D eigenvalue weighted by atomic mass is 10.2. The highest BCUT2D eigenvalue weighted by atomic mass is 35.5. The largest absolute Gasteiger partial charge is 0.319 e. The molecule has 0 radical (unpaired) electrons. The second kappa shape index (κ2) is 5.48. The standard InChI is InChI=1S/C15H18ClN5/c1-10-5-4-6-12-14(10)21(13(18-12)7-8-16)11(2)15-19-17-9-20(15)3/h4-6,9,11H,7-8H2,1-3H3. The lowest BCUT2D eigenvalue weighted by Crippen LogP contribution is -2.15. The topological polar surface area (TPSA) is 48.5 Å². The molecule has 0 saturated carbocycles. The lowest BCUT2D eigenvalue weighted by molar-refractivity contribution is 0.565. The number of aromatic nitrogens is 5. The monoisotopic (exact) mass is 303 g/mol. The summed E-state index contributed by atoms with van der Waals surface area (Å²) in [6, 6.07) is 6.24. The van der Waals surface area contributed by atoms with Gasteiger partial charge in [-0.3, -0.25) is 0 Å². The molecule has 3 aromatic rings. The van der Waals surface area contributed by atoms with Crippen LogP contribution in [0.15, 0.2) is 24.5 Å². The Bertz CT molecular complexity index is 774. The van der Waals surface area contributed by atoms with Crippen molar-refractivity contribution >= 4 is 22.6 Å². The Morgan fingerprint density at radius 3 is 2.81 bits per heavy atom. The summed E-state index contributed by atoms with van der Waals surface area (Å²) in [5, 5.41) is 8.22. The van der Waals surface area contributed by atoms with Crippen molar-refractivity contribution in [3.8, 4) is 0 Å². The summed E-state index contributed by atoms with van der Waals surface area (Å²) in [6.07, 6.45) is 2.46. The minimum atomic E-state index is 0.0572. The van der Waals surface area contributed by atoms with E-state index in [1.807, 2.05) is 23.7 Å². The highest BCUT2D eigenvalue weighted by Gasteiger charge is 2.21. The van der Waals surface area contributed by atoms with Gasteiger partial charge in [0.05, 0.1) is 17.1 Å². The molecule has 1 unspecified atom stereocenters. The SMILES string of the molecule is Cc1cccc2nc(CCCl)n(C(C)c3nncn3C)c12. The molecule has 6 heteroatoms. The van der Waals surface area contributed by atoms with Gasteiger partial charge in [-0.1, -0.05) is 12.1 Å². The van der Waals surface area contributed by atoms with Crippen molar-refractivity contribution < 1.29 is 0 Å². The lowest BCUT2D eigenvalue weighted by Gasteiger charge is -2.17. The summed E-state index contributed by atoms with van der Waals surface area (Å²) in [4.78, 5) is 4.74. The van der Waals surface area contributed by atoms with Gasteiger partial charge < -0.3 is 9.13 Å². The Labute approximate surface area is 128 Å². The van der Waals surface area contributed by atoms with Crippen LogP contribution in [0.1, 0.15) is 30.2 Å². The van der Waals surface area contributed by atoms with Gasteiger partial charge in [0.1, 0.15) is 12.2 Å². The van der Waals surface area contributed by atoms with E-state index in [2.05, 4.69) is 34.7 Å². The summed E-state index contributed by atoms with van der Waals surface area (Å²) in [5.74, 6) is 2.45. The zero-order valence-electron chi connectivity index (χ0n) is 12.4. The Hall–Kier alpha value is -1.88. The summed E-state index contributed by atoms with van der Waals surface area (Å²) >= 11 is 5.95. The van der Waals surface area contributed by atoms with Gasteiger partial charge in [0.25, 0.3) is 0 Å². The first-order chi connectivity index (χ1) is 10.1. The summed E-state index contributed by atoms with van der Waals surface area (Å²) in [7, 11) is 1.96. The van der Waals surface area contributed by atoms with Crippen molar-refractivity contribution in [3.63, 3.8) is 0 Å². The molecule has 0 bridgehead atoms. The molecule has 2 aromatic heterocycles. The van der Waals surface area contributed by atoms with E-state index in [0.717, 1.165) is 29.1 Å². The van der Waals surface area contributed by atoms with Crippen molar-refractivity contribution in [3.05, 3.63) is 41.7 Å². The van der Waals surface area contributed by atoms with Crippen molar-refractivity contribution in [1.29, 1.82) is 0 Å². The molecule has 0 aliphatic rings. The van der Waals surface area contributed by atoms with Crippen molar-refractivity contribution in [2.75, 3.05) is 5.88 Å². The molecule has 1 aromatic carbocycles. The molecule has 0 aliphatic heterocycles. The van der Waals surface area contributed by atoms with E-state index in [1.165, 1.54) is 5.56 Å². The van der Waals surface area contributed by atoms with Crippen LogP contribution in [0.4, 0.5) is 0 Å². The Morgan fingerprint density at radius 1 is 1.33 bits per heavy atom. The average molecular weight is 304 g/mol. The first kappa shape index (κ1) is 14.1. The number of fused-ring (bicyclic) bond motifs is 1. The Morgan fingerprint density at radius 2 is 2.14 bits per heavy atom. The summed E-state index contributed by atoms with van der Waals surface area (Å²) in [6.45, 7) is 4.23. The van der Waals surface area contributed by atoms with Crippen molar-refractivity contribution in [2.45, 2.75) is 26.3 Å². The van der Waals surface area contributed by atoms with Gasteiger partial charge in [0.15, 0.2) is 5.82 Å². The molecule has 5 nitrogen and oxygen atoms in total. The average Bonchev–Trinajstić information content (AvgIpc) is 3.03. The van der Waals surface area contributed by atoms with Gasteiger partial charge in [0.2, 0.25) is 0 Å². The number of hydrogen-bond donors (Lipinski definition) is 0. The molecule has 0 N–H and O–H groups in total. The summed E-state index contributed by atoms with van der Waals surface area (Å²) < 4.78 is 4.18. The van der Waals surface area contributed by atoms with Crippen LogP contribution in [0.5, 0.6) is 0 Å². The number of alkyl halides is 1. The van der Waals surface area contributed by atoms with Crippen LogP contribution in [0.3, 0.4) is 0 Å². The van der Waals surface area contributed by atoms with Crippen LogP contribution in [0.2, 0.25) is 0 Å². The smallest absolute Gasteiger partial charge is 0.155 e. The highest BCUT2D eigenvalue weighted by molar-refractivity contribution is 6.17. The van der Waals surface area contributed by atoms with Gasteiger partial charge in [-0.25, -0.2) is 4.98 Å². The Balaban J connectivity index is 2.24. The third-order valence-electron chi connectivity index (χ3n) is 3.81. The molecule has 2 heterocycles. The van der Waals surface area contributed by atoms with Crippen LogP contribution in [0.25, 0.3) is 11.0 Å². The van der Waals surface area contributed by atoms with Crippen molar-refractivity contribution in [2.24, 2.45) is 7.05 Å². The van der Waals surface area contributed by atoms with Gasteiger partial charge >= 0.3 is 0 Å². The van der Waals surface area contributed by atoms with E-state index in [0.29, 0.717) is 5.88 Å². The number of benzene rings is 1. The van der Waals surface area contributed by atoms with E-state index in [9.17, 15) is 0 Å². The molecule has 0 fully saturated rings. The third kappa shape index (κ3) is 2.31. The number of para-hydroxylation sites is 1. The third-order valence-corrected chi connectivity index (χ3v) is 4.00. The maximum Gasteiger partial charge on any atom is 0.155 e. The fourth-order valence-electron chi connectivity index (χ4n) is 2.83. The highest BCUT2D eigenvalue weighted by Crippen LogP contribution is 2.27. The van der Waals surface area contributed by atoms with Gasteiger partial charge in [-0.2, -0.15) is 0 Å². The molecule has 0 amide bonds. The quantitative estimate of drug-likeness (QED) is 0.696. The second-order valence-electron chi connectivity index (χ2n) is 5.26. The predicted molar refractivity (Wildman–Crippen MR) is 83.7 cm³/mol. The fourth-order valence-corrected chi connectivity index (χ4v) is 3.00. The first-order valence-corrected chi connectivity index (χ1v) is 7.53. The minimum absolute atomic E-state index is 0.0572. The van der Waals surface area contributed by atoms with E-state index in [1.54, 1.807) is 6.33 Å². The van der Waals surface area contributed by atoms with Crippen LogP contribution >= 0.6 is 11.6 Å². The fraction of sp³-hybridized carbons (Fsp3) is 0.400. The van der Waals surface area contributed by atoms with E-state index in [4.69, 9.17) is 16.6 Å². The molecular weight excluding hydrogens is 286 g/mol. The molecule has 21 heavy (non-hydrogen) atoms. The number of halogens is 1. The minimum Gasteiger partial charge on any atom is -0.319 e.